The summed E-state index contributed by atoms with van der Waals surface area (Å²) in [5.41, 5.74) is 6.39. The second kappa shape index (κ2) is 3.04. The van der Waals surface area contributed by atoms with E-state index in [9.17, 15) is 13.2 Å². The maximum Gasteiger partial charge on any atom is 0.296 e. The minimum Gasteiger partial charge on any atom is -0.399 e. The van der Waals surface area contributed by atoms with Gasteiger partial charge in [-0.25, -0.2) is 13.2 Å². The standard InChI is InChI=1S/C10H9ClF3N/c11-10(14)8(5-9(10,12)13)6-1-3-7(15)4-2-6/h1-4,8H,5,15H2. The van der Waals surface area contributed by atoms with Crippen molar-refractivity contribution in [1.29, 1.82) is 0 Å². The predicted molar refractivity (Wildman–Crippen MR) is 52.9 cm³/mol. The third-order valence-electron chi connectivity index (χ3n) is 2.72. The number of benzene rings is 1. The van der Waals surface area contributed by atoms with Crippen molar-refractivity contribution in [2.24, 2.45) is 0 Å². The van der Waals surface area contributed by atoms with Gasteiger partial charge in [-0.05, 0) is 17.7 Å². The molecular weight excluding hydrogens is 227 g/mol. The van der Waals surface area contributed by atoms with Crippen LogP contribution in [0.4, 0.5) is 18.9 Å². The molecule has 1 fully saturated rings. The molecule has 1 aromatic carbocycles. The Hall–Kier alpha value is -0.900. The molecule has 15 heavy (non-hydrogen) atoms. The molecule has 0 saturated heterocycles. The van der Waals surface area contributed by atoms with E-state index in [1.165, 1.54) is 12.1 Å². The molecule has 0 radical (unpaired) electrons. The van der Waals surface area contributed by atoms with Gasteiger partial charge in [-0.15, -0.1) is 0 Å². The van der Waals surface area contributed by atoms with Gasteiger partial charge in [0.2, 0.25) is 0 Å². The van der Waals surface area contributed by atoms with Crippen LogP contribution < -0.4 is 5.73 Å². The SMILES string of the molecule is Nc1ccc(C2CC(F)(F)C2(F)Cl)cc1. The predicted octanol–water partition coefficient (Wildman–Crippen LogP) is 3.30. The number of nitrogens with two attached hydrogens (primary N) is 1. The van der Waals surface area contributed by atoms with E-state index in [1.54, 1.807) is 12.1 Å². The Morgan fingerprint density at radius 1 is 1.20 bits per heavy atom. The number of anilines is 1. The van der Waals surface area contributed by atoms with Crippen LogP contribution in [0.1, 0.15) is 17.9 Å². The van der Waals surface area contributed by atoms with Gasteiger partial charge in [-0.1, -0.05) is 23.7 Å². The van der Waals surface area contributed by atoms with Gasteiger partial charge in [0.05, 0.1) is 0 Å². The van der Waals surface area contributed by atoms with Gasteiger partial charge in [-0.3, -0.25) is 0 Å². The fraction of sp³-hybridized carbons (Fsp3) is 0.400. The van der Waals surface area contributed by atoms with Crippen LogP contribution in [0.5, 0.6) is 0 Å². The normalized spacial score (nSPS) is 33.5. The van der Waals surface area contributed by atoms with Crippen molar-refractivity contribution in [3.8, 4) is 0 Å². The molecule has 0 amide bonds. The fourth-order valence-corrected chi connectivity index (χ4v) is 1.98. The van der Waals surface area contributed by atoms with Crippen molar-refractivity contribution in [3.63, 3.8) is 0 Å². The Kier molecular flexibility index (Phi) is 2.15. The molecule has 5 heteroatoms. The van der Waals surface area contributed by atoms with Crippen molar-refractivity contribution in [2.45, 2.75) is 23.4 Å². The molecule has 2 unspecified atom stereocenters. The van der Waals surface area contributed by atoms with Crippen LogP contribution in [-0.4, -0.2) is 11.1 Å². The van der Waals surface area contributed by atoms with E-state index < -0.39 is 23.4 Å². The largest absolute Gasteiger partial charge is 0.399 e. The molecule has 0 bridgehead atoms. The van der Waals surface area contributed by atoms with Gasteiger partial charge in [0.1, 0.15) is 0 Å². The smallest absolute Gasteiger partial charge is 0.296 e. The Labute approximate surface area is 90.0 Å². The summed E-state index contributed by atoms with van der Waals surface area (Å²) in [7, 11) is 0. The van der Waals surface area contributed by atoms with Crippen molar-refractivity contribution >= 4 is 17.3 Å². The summed E-state index contributed by atoms with van der Waals surface area (Å²) in [5, 5.41) is -2.97. The van der Waals surface area contributed by atoms with E-state index in [0.717, 1.165) is 0 Å². The first-order chi connectivity index (χ1) is 6.84. The molecule has 1 aliphatic rings. The number of nitrogen functional groups attached to an aromatic ring is 1. The van der Waals surface area contributed by atoms with Crippen LogP contribution in [-0.2, 0) is 0 Å². The number of hydrogen-bond acceptors (Lipinski definition) is 1. The van der Waals surface area contributed by atoms with Gasteiger partial charge in [0.25, 0.3) is 11.1 Å². The molecule has 2 N–H and O–H groups in total. The fourth-order valence-electron chi connectivity index (χ4n) is 1.70. The first kappa shape index (κ1) is 10.6. The molecule has 0 heterocycles. The molecule has 2 rings (SSSR count). The lowest BCUT2D eigenvalue weighted by atomic mass is 9.74. The summed E-state index contributed by atoms with van der Waals surface area (Å²) >= 11 is 5.19. The third-order valence-corrected chi connectivity index (χ3v) is 3.26. The molecule has 2 atom stereocenters. The summed E-state index contributed by atoms with van der Waals surface area (Å²) in [5.74, 6) is -4.41. The summed E-state index contributed by atoms with van der Waals surface area (Å²) in [6, 6.07) is 6.12. The zero-order valence-electron chi connectivity index (χ0n) is 7.68. The van der Waals surface area contributed by atoms with Crippen LogP contribution in [0.25, 0.3) is 0 Å². The molecular formula is C10H9ClF3N. The van der Waals surface area contributed by atoms with E-state index in [4.69, 9.17) is 17.3 Å². The number of alkyl halides is 4. The first-order valence-electron chi connectivity index (χ1n) is 4.46. The minimum absolute atomic E-state index is 0.452. The molecule has 1 aromatic rings. The second-order valence-corrected chi connectivity index (χ2v) is 4.30. The summed E-state index contributed by atoms with van der Waals surface area (Å²) < 4.78 is 39.0. The van der Waals surface area contributed by atoms with Crippen molar-refractivity contribution in [2.75, 3.05) is 5.73 Å². The van der Waals surface area contributed by atoms with E-state index in [2.05, 4.69) is 0 Å². The van der Waals surface area contributed by atoms with Gasteiger partial charge in [-0.2, -0.15) is 0 Å². The summed E-state index contributed by atoms with van der Waals surface area (Å²) in [6.45, 7) is 0. The van der Waals surface area contributed by atoms with E-state index in [1.807, 2.05) is 0 Å². The molecule has 1 aliphatic carbocycles. The minimum atomic E-state index is -3.44. The molecule has 0 aliphatic heterocycles. The number of rotatable bonds is 1. The first-order valence-corrected chi connectivity index (χ1v) is 4.83. The van der Waals surface area contributed by atoms with Crippen LogP contribution >= 0.6 is 11.6 Å². The van der Waals surface area contributed by atoms with Crippen LogP contribution in [0, 0.1) is 0 Å². The van der Waals surface area contributed by atoms with Crippen LogP contribution in [0.15, 0.2) is 24.3 Å². The maximum atomic E-state index is 13.4. The lowest BCUT2D eigenvalue weighted by molar-refractivity contribution is -0.182. The van der Waals surface area contributed by atoms with E-state index in [-0.39, 0.29) is 0 Å². The van der Waals surface area contributed by atoms with Gasteiger partial charge in [0, 0.05) is 18.0 Å². The van der Waals surface area contributed by atoms with Crippen molar-refractivity contribution < 1.29 is 13.2 Å². The highest BCUT2D eigenvalue weighted by molar-refractivity contribution is 6.25. The lowest BCUT2D eigenvalue weighted by Crippen LogP contribution is -2.56. The zero-order valence-corrected chi connectivity index (χ0v) is 8.44. The quantitative estimate of drug-likeness (QED) is 0.587. The highest BCUT2D eigenvalue weighted by atomic mass is 35.5. The van der Waals surface area contributed by atoms with Crippen molar-refractivity contribution in [3.05, 3.63) is 29.8 Å². The second-order valence-electron chi connectivity index (χ2n) is 3.75. The van der Waals surface area contributed by atoms with E-state index in [0.29, 0.717) is 11.3 Å². The zero-order chi connectivity index (χ0) is 11.3. The monoisotopic (exact) mass is 235 g/mol. The van der Waals surface area contributed by atoms with Crippen LogP contribution in [0.3, 0.4) is 0 Å². The Balaban J connectivity index is 2.25. The average molecular weight is 236 g/mol. The molecule has 82 valence electrons. The topological polar surface area (TPSA) is 26.0 Å². The van der Waals surface area contributed by atoms with Gasteiger partial charge in [0.15, 0.2) is 0 Å². The van der Waals surface area contributed by atoms with Gasteiger partial charge < -0.3 is 5.73 Å². The molecule has 0 spiro atoms. The van der Waals surface area contributed by atoms with Gasteiger partial charge >= 0.3 is 0 Å². The Morgan fingerprint density at radius 3 is 2.13 bits per heavy atom. The lowest BCUT2D eigenvalue weighted by Gasteiger charge is -2.45. The van der Waals surface area contributed by atoms with E-state index >= 15 is 0 Å². The maximum absolute atomic E-state index is 13.4. The number of hydrogen-bond donors (Lipinski definition) is 1. The number of halogens is 4. The molecule has 1 saturated carbocycles. The summed E-state index contributed by atoms with van der Waals surface area (Å²) in [6.07, 6.45) is -0.559. The van der Waals surface area contributed by atoms with Crippen LogP contribution in [0.2, 0.25) is 0 Å². The average Bonchev–Trinajstić information content (AvgIpc) is 2.16. The van der Waals surface area contributed by atoms with Crippen molar-refractivity contribution in [1.82, 2.24) is 0 Å². The third kappa shape index (κ3) is 1.47. The summed E-state index contributed by atoms with van der Waals surface area (Å²) in [4.78, 5) is 0. The molecule has 1 nitrogen and oxygen atoms in total. The molecule has 0 aromatic heterocycles. The Bertz CT molecular complexity index is 375. The highest BCUT2D eigenvalue weighted by Crippen LogP contribution is 2.61. The Morgan fingerprint density at radius 2 is 1.73 bits per heavy atom. The highest BCUT2D eigenvalue weighted by Gasteiger charge is 2.69.